The molecule has 0 saturated heterocycles. The lowest BCUT2D eigenvalue weighted by atomic mass is 10.1. The van der Waals surface area contributed by atoms with Crippen LogP contribution < -0.4 is 15.2 Å². The van der Waals surface area contributed by atoms with Gasteiger partial charge in [-0.25, -0.2) is 27.5 Å². The maximum absolute atomic E-state index is 15.2. The number of fused-ring (bicyclic) bond motifs is 1. The summed E-state index contributed by atoms with van der Waals surface area (Å²) in [7, 11) is -4.68. The molecular formula is C23H19BrF4N6O3S. The molecule has 2 aromatic carbocycles. The highest BCUT2D eigenvalue weighted by molar-refractivity contribution is 9.10. The van der Waals surface area contributed by atoms with Gasteiger partial charge in [0.25, 0.3) is 10.0 Å². The number of ether oxygens (including phenoxy) is 1. The highest BCUT2D eigenvalue weighted by Crippen LogP contribution is 2.38. The van der Waals surface area contributed by atoms with E-state index in [1.807, 2.05) is 4.72 Å². The Balaban J connectivity index is 1.51. The summed E-state index contributed by atoms with van der Waals surface area (Å²) < 4.78 is 87.3. The van der Waals surface area contributed by atoms with Crippen LogP contribution in [0.25, 0.3) is 22.3 Å². The molecule has 0 spiro atoms. The molecule has 2 heterocycles. The third kappa shape index (κ3) is 5.12. The molecule has 38 heavy (non-hydrogen) atoms. The van der Waals surface area contributed by atoms with Crippen molar-refractivity contribution in [1.82, 2.24) is 19.7 Å². The minimum atomic E-state index is -5.14. The number of nitrogens with zero attached hydrogens (tertiary/aromatic N) is 4. The van der Waals surface area contributed by atoms with Crippen molar-refractivity contribution >= 4 is 48.5 Å². The van der Waals surface area contributed by atoms with E-state index >= 15 is 4.39 Å². The smallest absolute Gasteiger partial charge is 0.404 e. The van der Waals surface area contributed by atoms with Gasteiger partial charge in [0, 0.05) is 10.0 Å². The second-order valence-corrected chi connectivity index (χ2v) is 11.2. The summed E-state index contributed by atoms with van der Waals surface area (Å²) in [6.45, 7) is 0. The first-order valence-corrected chi connectivity index (χ1v) is 13.6. The molecule has 2 aromatic heterocycles. The van der Waals surface area contributed by atoms with Gasteiger partial charge < -0.3 is 10.5 Å². The maximum Gasteiger partial charge on any atom is 0.573 e. The van der Waals surface area contributed by atoms with Gasteiger partial charge in [0.15, 0.2) is 11.4 Å². The summed E-state index contributed by atoms with van der Waals surface area (Å²) in [5, 5.41) is 5.09. The number of nitrogens with one attached hydrogen (secondary N) is 1. The Morgan fingerprint density at radius 2 is 1.84 bits per heavy atom. The minimum absolute atomic E-state index is 0.107. The second-order valence-electron chi connectivity index (χ2n) is 8.63. The number of benzene rings is 2. The molecule has 1 aliphatic rings. The van der Waals surface area contributed by atoms with Gasteiger partial charge >= 0.3 is 6.36 Å². The van der Waals surface area contributed by atoms with Crippen molar-refractivity contribution in [2.75, 3.05) is 10.5 Å². The maximum atomic E-state index is 15.2. The molecular weight excluding hydrogens is 596 g/mol. The monoisotopic (exact) mass is 614 g/mol. The van der Waals surface area contributed by atoms with Crippen LogP contribution in [0.1, 0.15) is 31.7 Å². The number of nitrogen functional groups attached to an aromatic ring is 1. The number of halogens is 5. The van der Waals surface area contributed by atoms with Gasteiger partial charge in [-0.3, -0.25) is 4.72 Å². The number of nitrogens with two attached hydrogens (primary N) is 1. The predicted octanol–water partition coefficient (Wildman–Crippen LogP) is 5.79. The topological polar surface area (TPSA) is 125 Å². The van der Waals surface area contributed by atoms with Crippen molar-refractivity contribution in [3.63, 3.8) is 0 Å². The molecule has 15 heteroatoms. The quantitative estimate of drug-likeness (QED) is 0.263. The SMILES string of the molecule is Nc1ncnc2c1c(-c1ccc(NS(=O)(=O)c3ccc(Br)cc3OC(F)(F)F)c(F)c1)nn2C1CCCC1. The van der Waals surface area contributed by atoms with Crippen LogP contribution in [0.4, 0.5) is 29.1 Å². The van der Waals surface area contributed by atoms with Crippen LogP contribution in [-0.4, -0.2) is 34.5 Å². The number of alkyl halides is 3. The average molecular weight is 615 g/mol. The largest absolute Gasteiger partial charge is 0.573 e. The van der Waals surface area contributed by atoms with Gasteiger partial charge in [0.1, 0.15) is 28.6 Å². The third-order valence-electron chi connectivity index (χ3n) is 6.10. The highest BCUT2D eigenvalue weighted by Gasteiger charge is 2.34. The van der Waals surface area contributed by atoms with E-state index in [-0.39, 0.29) is 16.3 Å². The van der Waals surface area contributed by atoms with Crippen LogP contribution in [0.5, 0.6) is 5.75 Å². The fourth-order valence-electron chi connectivity index (χ4n) is 4.45. The molecule has 0 bridgehead atoms. The Bertz CT molecular complexity index is 1640. The summed E-state index contributed by atoms with van der Waals surface area (Å²) in [6, 6.07) is 6.70. The van der Waals surface area contributed by atoms with E-state index in [4.69, 9.17) is 5.73 Å². The van der Waals surface area contributed by atoms with Crippen LogP contribution in [0.3, 0.4) is 0 Å². The summed E-state index contributed by atoms with van der Waals surface area (Å²) in [5.74, 6) is -1.80. The number of rotatable bonds is 6. The number of anilines is 2. The zero-order valence-corrected chi connectivity index (χ0v) is 21.7. The third-order valence-corrected chi connectivity index (χ3v) is 7.99. The van der Waals surface area contributed by atoms with Crippen LogP contribution >= 0.6 is 15.9 Å². The first kappa shape index (κ1) is 26.2. The highest BCUT2D eigenvalue weighted by atomic mass is 79.9. The normalized spacial score (nSPS) is 14.8. The Labute approximate surface area is 222 Å². The van der Waals surface area contributed by atoms with Gasteiger partial charge in [-0.05, 0) is 43.2 Å². The lowest BCUT2D eigenvalue weighted by molar-refractivity contribution is -0.275. The van der Waals surface area contributed by atoms with Gasteiger partial charge in [-0.15, -0.1) is 13.2 Å². The Morgan fingerprint density at radius 3 is 2.53 bits per heavy atom. The molecule has 1 aliphatic carbocycles. The zero-order valence-electron chi connectivity index (χ0n) is 19.3. The Kier molecular flexibility index (Phi) is 6.67. The summed E-state index contributed by atoms with van der Waals surface area (Å²) >= 11 is 2.98. The predicted molar refractivity (Wildman–Crippen MR) is 134 cm³/mol. The second kappa shape index (κ2) is 9.69. The molecule has 3 N–H and O–H groups in total. The van der Waals surface area contributed by atoms with E-state index < -0.39 is 38.5 Å². The molecule has 0 amide bonds. The number of aromatic nitrogens is 4. The van der Waals surface area contributed by atoms with Crippen molar-refractivity contribution in [2.45, 2.75) is 43.0 Å². The van der Waals surface area contributed by atoms with Gasteiger partial charge in [0.2, 0.25) is 0 Å². The molecule has 0 radical (unpaired) electrons. The van der Waals surface area contributed by atoms with E-state index in [0.29, 0.717) is 22.3 Å². The summed E-state index contributed by atoms with van der Waals surface area (Å²) in [5.41, 5.74) is 6.75. The fraction of sp³-hybridized carbons (Fsp3) is 0.261. The van der Waals surface area contributed by atoms with Crippen LogP contribution in [-0.2, 0) is 10.0 Å². The Morgan fingerprint density at radius 1 is 1.11 bits per heavy atom. The van der Waals surface area contributed by atoms with Crippen molar-refractivity contribution < 1.29 is 30.7 Å². The molecule has 0 aliphatic heterocycles. The van der Waals surface area contributed by atoms with Crippen molar-refractivity contribution in [3.8, 4) is 17.0 Å². The molecule has 0 atom stereocenters. The molecule has 4 aromatic rings. The van der Waals surface area contributed by atoms with E-state index in [1.165, 1.54) is 18.5 Å². The Hall–Kier alpha value is -3.46. The van der Waals surface area contributed by atoms with Crippen LogP contribution in [0, 0.1) is 5.82 Å². The van der Waals surface area contributed by atoms with Gasteiger partial charge in [-0.2, -0.15) is 5.10 Å². The molecule has 9 nitrogen and oxygen atoms in total. The zero-order chi connectivity index (χ0) is 27.2. The van der Waals surface area contributed by atoms with E-state index in [0.717, 1.165) is 49.9 Å². The minimum Gasteiger partial charge on any atom is -0.404 e. The average Bonchev–Trinajstić information content (AvgIpc) is 3.48. The number of hydrogen-bond donors (Lipinski definition) is 2. The fourth-order valence-corrected chi connectivity index (χ4v) is 5.97. The number of hydrogen-bond acceptors (Lipinski definition) is 7. The standard InChI is InChI=1S/C23H19BrF4N6O3S/c24-13-6-8-18(17(10-13)37-23(26,27)28)38(35,36)33-16-7-5-12(9-15(16)25)20-19-21(29)30-11-31-22(19)34(32-20)14-3-1-2-4-14/h5-11,14,33H,1-4H2,(H2,29,30,31). The lowest BCUT2D eigenvalue weighted by Gasteiger charge is -2.15. The molecule has 1 saturated carbocycles. The molecule has 5 rings (SSSR count). The van der Waals surface area contributed by atoms with Crippen LogP contribution in [0.15, 0.2) is 52.1 Å². The van der Waals surface area contributed by atoms with Crippen molar-refractivity contribution in [2.24, 2.45) is 0 Å². The first-order chi connectivity index (χ1) is 17.9. The van der Waals surface area contributed by atoms with Crippen molar-refractivity contribution in [3.05, 3.63) is 53.0 Å². The first-order valence-electron chi connectivity index (χ1n) is 11.3. The van der Waals surface area contributed by atoms with E-state index in [2.05, 4.69) is 35.7 Å². The lowest BCUT2D eigenvalue weighted by Crippen LogP contribution is -2.21. The molecule has 200 valence electrons. The van der Waals surface area contributed by atoms with E-state index in [9.17, 15) is 21.6 Å². The summed E-state index contributed by atoms with van der Waals surface area (Å²) in [6.07, 6.45) is 0.0791. The number of sulfonamides is 1. The summed E-state index contributed by atoms with van der Waals surface area (Å²) in [4.78, 5) is 7.52. The van der Waals surface area contributed by atoms with E-state index in [1.54, 1.807) is 4.68 Å². The van der Waals surface area contributed by atoms with Crippen LogP contribution in [0.2, 0.25) is 0 Å². The van der Waals surface area contributed by atoms with Gasteiger partial charge in [0.05, 0.1) is 17.1 Å². The molecule has 1 fully saturated rings. The molecule has 0 unspecified atom stereocenters. The van der Waals surface area contributed by atoms with Gasteiger partial charge in [-0.1, -0.05) is 34.8 Å². The van der Waals surface area contributed by atoms with Crippen molar-refractivity contribution in [1.29, 1.82) is 0 Å².